The Balaban J connectivity index is 0.00000242. The monoisotopic (exact) mass is 409 g/mol. The summed E-state index contributed by atoms with van der Waals surface area (Å²) in [4.78, 5) is 4.36. The largest absolute Gasteiger partial charge is 0.370 e. The van der Waals surface area contributed by atoms with Crippen LogP contribution in [0.1, 0.15) is 24.5 Å². The number of aliphatic imine (C=N–C) groups is 1. The number of hydrogen-bond acceptors (Lipinski definition) is 1. The van der Waals surface area contributed by atoms with Gasteiger partial charge in [0.05, 0.1) is 0 Å². The van der Waals surface area contributed by atoms with Gasteiger partial charge in [0.25, 0.3) is 0 Å². The van der Waals surface area contributed by atoms with Crippen molar-refractivity contribution < 1.29 is 0 Å². The Kier molecular flexibility index (Phi) is 8.58. The molecule has 0 aliphatic carbocycles. The zero-order valence-corrected chi connectivity index (χ0v) is 15.3. The molecule has 0 bridgehead atoms. The summed E-state index contributed by atoms with van der Waals surface area (Å²) >= 11 is 0. The molecule has 0 spiro atoms. The van der Waals surface area contributed by atoms with E-state index in [0.29, 0.717) is 5.96 Å². The number of benzene rings is 2. The third-order valence-corrected chi connectivity index (χ3v) is 3.38. The first kappa shape index (κ1) is 18.5. The molecule has 118 valence electrons. The van der Waals surface area contributed by atoms with E-state index >= 15 is 0 Å². The van der Waals surface area contributed by atoms with Crippen LogP contribution in [0.4, 0.5) is 5.69 Å². The van der Waals surface area contributed by atoms with Crippen molar-refractivity contribution in [3.05, 3.63) is 65.7 Å². The molecule has 3 nitrogen and oxygen atoms in total. The van der Waals surface area contributed by atoms with Crippen LogP contribution in [0.2, 0.25) is 0 Å². The Morgan fingerprint density at radius 1 is 1.00 bits per heavy atom. The van der Waals surface area contributed by atoms with E-state index in [-0.39, 0.29) is 24.0 Å². The Morgan fingerprint density at radius 3 is 2.32 bits per heavy atom. The first-order chi connectivity index (χ1) is 10.3. The Morgan fingerprint density at radius 2 is 1.68 bits per heavy atom. The van der Waals surface area contributed by atoms with Crippen molar-refractivity contribution in [2.75, 3.05) is 11.9 Å². The molecule has 2 aromatic carbocycles. The molecule has 0 saturated heterocycles. The quantitative estimate of drug-likeness (QED) is 0.325. The molecule has 0 aliphatic rings. The first-order valence-corrected chi connectivity index (χ1v) is 7.47. The molecule has 4 heteroatoms. The van der Waals surface area contributed by atoms with Gasteiger partial charge in [-0.25, -0.2) is 0 Å². The highest BCUT2D eigenvalue weighted by Crippen LogP contribution is 2.09. The predicted octanol–water partition coefficient (Wildman–Crippen LogP) is 4.23. The lowest BCUT2D eigenvalue weighted by Gasteiger charge is -2.06. The molecule has 22 heavy (non-hydrogen) atoms. The number of nitrogens with zero attached hydrogens (tertiary/aromatic N) is 1. The summed E-state index contributed by atoms with van der Waals surface area (Å²) in [6.07, 6.45) is 3.08. The Bertz CT molecular complexity index is 565. The molecule has 0 radical (unpaired) electrons. The molecule has 0 heterocycles. The van der Waals surface area contributed by atoms with Crippen LogP contribution >= 0.6 is 24.0 Å². The van der Waals surface area contributed by atoms with Crippen LogP contribution in [0, 0.1) is 0 Å². The summed E-state index contributed by atoms with van der Waals surface area (Å²) in [5.74, 6) is 0.479. The normalized spacial score (nSPS) is 10.9. The lowest BCUT2D eigenvalue weighted by atomic mass is 10.1. The van der Waals surface area contributed by atoms with Crippen LogP contribution in [-0.4, -0.2) is 12.5 Å². The lowest BCUT2D eigenvalue weighted by Crippen LogP contribution is -2.22. The van der Waals surface area contributed by atoms with Crippen LogP contribution in [0.3, 0.4) is 0 Å². The second kappa shape index (κ2) is 10.2. The SMILES string of the molecule is CCc1ccc(NC(N)=NCCCc2ccccc2)cc1.I. The third kappa shape index (κ3) is 6.47. The van der Waals surface area contributed by atoms with Gasteiger partial charge in [-0.2, -0.15) is 0 Å². The third-order valence-electron chi connectivity index (χ3n) is 3.38. The molecule has 0 amide bonds. The summed E-state index contributed by atoms with van der Waals surface area (Å²) < 4.78 is 0. The molecule has 0 unspecified atom stereocenters. The molecule has 0 aliphatic heterocycles. The average molecular weight is 409 g/mol. The van der Waals surface area contributed by atoms with Crippen molar-refractivity contribution in [3.8, 4) is 0 Å². The van der Waals surface area contributed by atoms with E-state index in [0.717, 1.165) is 31.5 Å². The van der Waals surface area contributed by atoms with Crippen LogP contribution in [0.25, 0.3) is 0 Å². The number of guanidine groups is 1. The number of halogens is 1. The van der Waals surface area contributed by atoms with E-state index < -0.39 is 0 Å². The maximum absolute atomic E-state index is 5.89. The predicted molar refractivity (Wildman–Crippen MR) is 106 cm³/mol. The van der Waals surface area contributed by atoms with E-state index in [9.17, 15) is 0 Å². The van der Waals surface area contributed by atoms with E-state index in [1.165, 1.54) is 11.1 Å². The highest BCUT2D eigenvalue weighted by molar-refractivity contribution is 14.0. The number of rotatable bonds is 6. The minimum atomic E-state index is 0. The number of nitrogens with one attached hydrogen (secondary N) is 1. The van der Waals surface area contributed by atoms with E-state index in [1.54, 1.807) is 0 Å². The van der Waals surface area contributed by atoms with Gasteiger partial charge < -0.3 is 11.1 Å². The molecular formula is C18H24IN3. The van der Waals surface area contributed by atoms with E-state index in [1.807, 2.05) is 18.2 Å². The number of nitrogens with two attached hydrogens (primary N) is 1. The van der Waals surface area contributed by atoms with Gasteiger partial charge in [-0.05, 0) is 42.5 Å². The summed E-state index contributed by atoms with van der Waals surface area (Å²) in [5.41, 5.74) is 9.54. The average Bonchev–Trinajstić information content (AvgIpc) is 2.53. The fraction of sp³-hybridized carbons (Fsp3) is 0.278. The molecule has 0 saturated carbocycles. The molecule has 3 N–H and O–H groups in total. The van der Waals surface area contributed by atoms with E-state index in [2.05, 4.69) is 53.6 Å². The molecule has 2 aromatic rings. The van der Waals surface area contributed by atoms with Crippen molar-refractivity contribution in [3.63, 3.8) is 0 Å². The Labute approximate surface area is 150 Å². The summed E-state index contributed by atoms with van der Waals surface area (Å²) in [6, 6.07) is 18.7. The number of anilines is 1. The van der Waals surface area contributed by atoms with Gasteiger partial charge in [-0.1, -0.05) is 49.4 Å². The first-order valence-electron chi connectivity index (χ1n) is 7.47. The summed E-state index contributed by atoms with van der Waals surface area (Å²) in [6.45, 7) is 2.88. The van der Waals surface area contributed by atoms with Gasteiger partial charge in [0.1, 0.15) is 0 Å². The topological polar surface area (TPSA) is 50.4 Å². The lowest BCUT2D eigenvalue weighted by molar-refractivity contribution is 0.832. The number of hydrogen-bond donors (Lipinski definition) is 2. The minimum absolute atomic E-state index is 0. The van der Waals surface area contributed by atoms with Crippen molar-refractivity contribution in [2.24, 2.45) is 10.7 Å². The second-order valence-electron chi connectivity index (χ2n) is 5.03. The maximum atomic E-state index is 5.89. The highest BCUT2D eigenvalue weighted by Gasteiger charge is 1.96. The fourth-order valence-corrected chi connectivity index (χ4v) is 2.14. The van der Waals surface area contributed by atoms with Gasteiger partial charge in [0.15, 0.2) is 5.96 Å². The van der Waals surface area contributed by atoms with Crippen molar-refractivity contribution in [2.45, 2.75) is 26.2 Å². The van der Waals surface area contributed by atoms with Crippen molar-refractivity contribution in [1.29, 1.82) is 0 Å². The maximum Gasteiger partial charge on any atom is 0.193 e. The second-order valence-corrected chi connectivity index (χ2v) is 5.03. The zero-order chi connectivity index (χ0) is 14.9. The summed E-state index contributed by atoms with van der Waals surface area (Å²) in [5, 5.41) is 3.12. The standard InChI is InChI=1S/C18H23N3.HI/c1-2-15-10-12-17(13-11-15)21-18(19)20-14-6-9-16-7-4-3-5-8-16;/h3-5,7-8,10-13H,2,6,9,14H2,1H3,(H3,19,20,21);1H. The molecule has 0 fully saturated rings. The molecule has 0 aromatic heterocycles. The summed E-state index contributed by atoms with van der Waals surface area (Å²) in [7, 11) is 0. The van der Waals surface area contributed by atoms with Crippen LogP contribution in [-0.2, 0) is 12.8 Å². The van der Waals surface area contributed by atoms with Gasteiger partial charge in [0.2, 0.25) is 0 Å². The van der Waals surface area contributed by atoms with Crippen molar-refractivity contribution >= 4 is 35.6 Å². The van der Waals surface area contributed by atoms with Crippen LogP contribution in [0.15, 0.2) is 59.6 Å². The smallest absolute Gasteiger partial charge is 0.193 e. The van der Waals surface area contributed by atoms with Gasteiger partial charge in [0, 0.05) is 12.2 Å². The van der Waals surface area contributed by atoms with Crippen molar-refractivity contribution in [1.82, 2.24) is 0 Å². The number of aryl methyl sites for hydroxylation is 2. The molecule has 0 atom stereocenters. The van der Waals surface area contributed by atoms with Gasteiger partial charge in [-0.15, -0.1) is 24.0 Å². The highest BCUT2D eigenvalue weighted by atomic mass is 127. The minimum Gasteiger partial charge on any atom is -0.370 e. The van der Waals surface area contributed by atoms with E-state index in [4.69, 9.17) is 5.73 Å². The Hall–Kier alpha value is -1.56. The molecular weight excluding hydrogens is 385 g/mol. The zero-order valence-electron chi connectivity index (χ0n) is 13.0. The van der Waals surface area contributed by atoms with Gasteiger partial charge >= 0.3 is 0 Å². The van der Waals surface area contributed by atoms with Gasteiger partial charge in [-0.3, -0.25) is 4.99 Å². The fourth-order valence-electron chi connectivity index (χ4n) is 2.14. The molecule has 2 rings (SSSR count). The van der Waals surface area contributed by atoms with Crippen LogP contribution < -0.4 is 11.1 Å². The van der Waals surface area contributed by atoms with Crippen LogP contribution in [0.5, 0.6) is 0 Å².